The maximum Gasteiger partial charge on any atom is 0.228 e. The van der Waals surface area contributed by atoms with Crippen LogP contribution >= 0.6 is 11.6 Å². The first-order chi connectivity index (χ1) is 14.4. The Bertz CT molecular complexity index is 949. The third kappa shape index (κ3) is 4.31. The fraction of sp³-hybridized carbons (Fsp3) is 0.500. The molecule has 8 heteroatoms. The van der Waals surface area contributed by atoms with Crippen LogP contribution in [-0.4, -0.2) is 59.2 Å². The minimum absolute atomic E-state index is 0.00242. The normalized spacial score (nSPS) is 16.6. The summed E-state index contributed by atoms with van der Waals surface area (Å²) in [5.41, 5.74) is 3.22. The van der Waals surface area contributed by atoms with Crippen molar-refractivity contribution in [3.8, 4) is 0 Å². The number of amides is 2. The lowest BCUT2D eigenvalue weighted by Gasteiger charge is -2.37. The molecule has 2 aromatic rings. The molecule has 0 saturated carbocycles. The second-order valence-corrected chi connectivity index (χ2v) is 8.50. The van der Waals surface area contributed by atoms with E-state index in [9.17, 15) is 9.59 Å². The van der Waals surface area contributed by atoms with Gasteiger partial charge in [0.15, 0.2) is 0 Å². The summed E-state index contributed by atoms with van der Waals surface area (Å²) in [6.45, 7) is 8.39. The molecule has 30 heavy (non-hydrogen) atoms. The first-order valence-electron chi connectivity index (χ1n) is 10.6. The Morgan fingerprint density at radius 1 is 0.967 bits per heavy atom. The van der Waals surface area contributed by atoms with E-state index in [-0.39, 0.29) is 24.7 Å². The first kappa shape index (κ1) is 20.7. The van der Waals surface area contributed by atoms with Crippen molar-refractivity contribution in [1.82, 2.24) is 14.7 Å². The molecule has 0 aliphatic carbocycles. The van der Waals surface area contributed by atoms with Crippen LogP contribution in [0, 0.1) is 13.8 Å². The smallest absolute Gasteiger partial charge is 0.228 e. The fourth-order valence-corrected chi connectivity index (χ4v) is 4.45. The van der Waals surface area contributed by atoms with Crippen molar-refractivity contribution < 1.29 is 9.59 Å². The molecule has 0 radical (unpaired) electrons. The van der Waals surface area contributed by atoms with Crippen molar-refractivity contribution in [2.24, 2.45) is 0 Å². The van der Waals surface area contributed by atoms with E-state index in [1.807, 2.05) is 40.8 Å². The third-order valence-corrected chi connectivity index (χ3v) is 6.14. The van der Waals surface area contributed by atoms with E-state index < -0.39 is 0 Å². The zero-order valence-electron chi connectivity index (χ0n) is 17.6. The van der Waals surface area contributed by atoms with Crippen LogP contribution in [0.25, 0.3) is 0 Å². The Kier molecular flexibility index (Phi) is 5.99. The molecule has 0 spiro atoms. The number of carbonyl (C=O) groups excluding carboxylic acids is 2. The van der Waals surface area contributed by atoms with Crippen LogP contribution in [-0.2, 0) is 16.1 Å². The van der Waals surface area contributed by atoms with Crippen molar-refractivity contribution in [1.29, 1.82) is 0 Å². The summed E-state index contributed by atoms with van der Waals surface area (Å²) in [6, 6.07) is 7.84. The van der Waals surface area contributed by atoms with Gasteiger partial charge in [-0.1, -0.05) is 17.7 Å². The van der Waals surface area contributed by atoms with Crippen LogP contribution in [0.3, 0.4) is 0 Å². The maximum atomic E-state index is 12.8. The van der Waals surface area contributed by atoms with Crippen LogP contribution in [0.5, 0.6) is 0 Å². The lowest BCUT2D eigenvalue weighted by atomic mass is 10.1. The Balaban J connectivity index is 1.29. The molecule has 1 saturated heterocycles. The average molecular weight is 430 g/mol. The quantitative estimate of drug-likeness (QED) is 0.749. The zero-order valence-corrected chi connectivity index (χ0v) is 18.4. The van der Waals surface area contributed by atoms with Crippen molar-refractivity contribution >= 4 is 34.9 Å². The second-order valence-electron chi connectivity index (χ2n) is 8.06. The predicted molar refractivity (Wildman–Crippen MR) is 118 cm³/mol. The minimum atomic E-state index is -0.00242. The SMILES string of the molecule is Cc1cc2n(n1)CCCN2C(=O)CCC(=O)N1CCN(c2cc(Cl)ccc2C)CC1. The summed E-state index contributed by atoms with van der Waals surface area (Å²) in [7, 11) is 0. The van der Waals surface area contributed by atoms with E-state index in [2.05, 4.69) is 16.9 Å². The second kappa shape index (κ2) is 8.68. The largest absolute Gasteiger partial charge is 0.368 e. The van der Waals surface area contributed by atoms with Gasteiger partial charge in [0.2, 0.25) is 11.8 Å². The molecular weight excluding hydrogens is 402 g/mol. The molecule has 3 heterocycles. The van der Waals surface area contributed by atoms with Crippen molar-refractivity contribution in [2.45, 2.75) is 39.7 Å². The molecule has 0 unspecified atom stereocenters. The number of aromatic nitrogens is 2. The summed E-state index contributed by atoms with van der Waals surface area (Å²) in [5, 5.41) is 5.15. The molecule has 2 aliphatic heterocycles. The Hall–Kier alpha value is -2.54. The summed E-state index contributed by atoms with van der Waals surface area (Å²) < 4.78 is 1.88. The highest BCUT2D eigenvalue weighted by Crippen LogP contribution is 2.26. The number of fused-ring (bicyclic) bond motifs is 1. The molecule has 7 nitrogen and oxygen atoms in total. The van der Waals surface area contributed by atoms with Gasteiger partial charge in [0.25, 0.3) is 0 Å². The number of rotatable bonds is 4. The number of piperazine rings is 1. The highest BCUT2D eigenvalue weighted by molar-refractivity contribution is 6.30. The van der Waals surface area contributed by atoms with E-state index in [1.54, 1.807) is 4.90 Å². The fourth-order valence-electron chi connectivity index (χ4n) is 4.29. The molecule has 2 amide bonds. The average Bonchev–Trinajstić information content (AvgIpc) is 3.13. The van der Waals surface area contributed by atoms with Crippen molar-refractivity contribution in [3.05, 3.63) is 40.5 Å². The zero-order chi connectivity index (χ0) is 21.3. The maximum absolute atomic E-state index is 12.8. The lowest BCUT2D eigenvalue weighted by molar-refractivity contribution is -0.133. The topological polar surface area (TPSA) is 61.7 Å². The molecule has 0 atom stereocenters. The highest BCUT2D eigenvalue weighted by atomic mass is 35.5. The number of hydrogen-bond acceptors (Lipinski definition) is 4. The Morgan fingerprint density at radius 2 is 1.70 bits per heavy atom. The number of hydrogen-bond donors (Lipinski definition) is 0. The summed E-state index contributed by atoms with van der Waals surface area (Å²) >= 11 is 6.15. The van der Waals surface area contributed by atoms with E-state index in [0.717, 1.165) is 48.3 Å². The van der Waals surface area contributed by atoms with Crippen LogP contribution in [0.4, 0.5) is 11.5 Å². The van der Waals surface area contributed by atoms with Gasteiger partial charge in [-0.15, -0.1) is 0 Å². The molecule has 1 fully saturated rings. The summed E-state index contributed by atoms with van der Waals surface area (Å²) in [5.74, 6) is 0.895. The van der Waals surface area contributed by atoms with Gasteiger partial charge in [0.1, 0.15) is 5.82 Å². The molecule has 4 rings (SSSR count). The number of anilines is 2. The molecular formula is C22H28ClN5O2. The van der Waals surface area contributed by atoms with E-state index in [1.165, 1.54) is 5.56 Å². The molecule has 2 aliphatic rings. The van der Waals surface area contributed by atoms with E-state index in [4.69, 9.17) is 11.6 Å². The van der Waals surface area contributed by atoms with Gasteiger partial charge in [-0.2, -0.15) is 5.10 Å². The van der Waals surface area contributed by atoms with E-state index >= 15 is 0 Å². The van der Waals surface area contributed by atoms with Crippen LogP contribution in [0.1, 0.15) is 30.5 Å². The molecule has 160 valence electrons. The van der Waals surface area contributed by atoms with Gasteiger partial charge >= 0.3 is 0 Å². The van der Waals surface area contributed by atoms with Crippen molar-refractivity contribution in [3.63, 3.8) is 0 Å². The monoisotopic (exact) mass is 429 g/mol. The molecule has 1 aromatic heterocycles. The number of halogens is 1. The van der Waals surface area contributed by atoms with E-state index in [0.29, 0.717) is 19.6 Å². The lowest BCUT2D eigenvalue weighted by Crippen LogP contribution is -2.49. The standard InChI is InChI=1S/C22H28ClN5O2/c1-16-4-5-18(23)15-19(16)25-10-12-26(13-11-25)21(29)6-7-22(30)27-8-3-9-28-20(27)14-17(2)24-28/h4-5,14-15H,3,6-13H2,1-2H3. The first-order valence-corrected chi connectivity index (χ1v) is 10.9. The van der Waals surface area contributed by atoms with Crippen LogP contribution < -0.4 is 9.80 Å². The predicted octanol–water partition coefficient (Wildman–Crippen LogP) is 3.02. The Morgan fingerprint density at radius 3 is 2.47 bits per heavy atom. The molecule has 1 aromatic carbocycles. The Labute approximate surface area is 182 Å². The minimum Gasteiger partial charge on any atom is -0.368 e. The molecule has 0 N–H and O–H groups in total. The van der Waals surface area contributed by atoms with Gasteiger partial charge in [-0.25, -0.2) is 4.68 Å². The number of nitrogens with zero attached hydrogens (tertiary/aromatic N) is 5. The van der Waals surface area contributed by atoms with Gasteiger partial charge in [0, 0.05) is 68.9 Å². The third-order valence-electron chi connectivity index (χ3n) is 5.91. The molecule has 0 bridgehead atoms. The van der Waals surface area contributed by atoms with Gasteiger partial charge in [-0.3, -0.25) is 14.5 Å². The van der Waals surface area contributed by atoms with Crippen LogP contribution in [0.2, 0.25) is 5.02 Å². The van der Waals surface area contributed by atoms with Crippen LogP contribution in [0.15, 0.2) is 24.3 Å². The summed E-state index contributed by atoms with van der Waals surface area (Å²) in [4.78, 5) is 31.4. The highest BCUT2D eigenvalue weighted by Gasteiger charge is 2.26. The number of benzene rings is 1. The number of aryl methyl sites for hydroxylation is 3. The van der Waals surface area contributed by atoms with Crippen molar-refractivity contribution in [2.75, 3.05) is 42.5 Å². The summed E-state index contributed by atoms with van der Waals surface area (Å²) in [6.07, 6.45) is 1.37. The van der Waals surface area contributed by atoms with Gasteiger partial charge in [-0.05, 0) is 38.0 Å². The number of carbonyl (C=O) groups is 2. The van der Waals surface area contributed by atoms with Gasteiger partial charge < -0.3 is 9.80 Å². The van der Waals surface area contributed by atoms with Gasteiger partial charge in [0.05, 0.1) is 5.69 Å².